The van der Waals surface area contributed by atoms with Crippen LogP contribution in [-0.2, 0) is 11.3 Å². The molecule has 4 heteroatoms. The zero-order valence-electron chi connectivity index (χ0n) is 7.04. The minimum Gasteiger partial charge on any atom is -0.545 e. The van der Waals surface area contributed by atoms with E-state index in [1.54, 1.807) is 0 Å². The van der Waals surface area contributed by atoms with Gasteiger partial charge in [0.15, 0.2) is 0 Å². The molecule has 0 radical (unpaired) electrons. The first-order valence-electron chi connectivity index (χ1n) is 3.64. The predicted octanol–water partition coefficient (Wildman–Crippen LogP) is 0.336. The molecule has 70 valence electrons. The Bertz CT molecular complexity index is 323. The Labute approximate surface area is 74.8 Å². The van der Waals surface area contributed by atoms with E-state index in [-0.39, 0.29) is 12.2 Å². The van der Waals surface area contributed by atoms with E-state index in [9.17, 15) is 14.3 Å². The second-order valence-electron chi connectivity index (χ2n) is 2.52. The topological polar surface area (TPSA) is 49.4 Å². The Morgan fingerprint density at radius 2 is 2.31 bits per heavy atom. The monoisotopic (exact) mass is 183 g/mol. The molecule has 0 saturated carbocycles. The molecule has 13 heavy (non-hydrogen) atoms. The van der Waals surface area contributed by atoms with Crippen LogP contribution in [-0.4, -0.2) is 13.1 Å². The maximum absolute atomic E-state index is 12.6. The van der Waals surface area contributed by atoms with Gasteiger partial charge in [-0.1, -0.05) is 6.07 Å². The lowest BCUT2D eigenvalue weighted by Crippen LogP contribution is -2.24. The van der Waals surface area contributed by atoms with Gasteiger partial charge in [-0.2, -0.15) is 0 Å². The number of rotatable bonds is 3. The lowest BCUT2D eigenvalue weighted by atomic mass is 10.1. The fraction of sp³-hybridized carbons (Fsp3) is 0.222. The van der Waals surface area contributed by atoms with Crippen molar-refractivity contribution in [3.8, 4) is 0 Å². The van der Waals surface area contributed by atoms with Gasteiger partial charge in [0, 0.05) is 12.7 Å². The summed E-state index contributed by atoms with van der Waals surface area (Å²) < 4.78 is 17.4. The summed E-state index contributed by atoms with van der Waals surface area (Å²) in [6.45, 7) is 0.129. The van der Waals surface area contributed by atoms with Gasteiger partial charge in [0.1, 0.15) is 5.82 Å². The van der Waals surface area contributed by atoms with Crippen molar-refractivity contribution in [3.63, 3.8) is 0 Å². The van der Waals surface area contributed by atoms with Gasteiger partial charge in [-0.15, -0.1) is 0 Å². The third-order valence-electron chi connectivity index (χ3n) is 1.59. The van der Waals surface area contributed by atoms with Gasteiger partial charge >= 0.3 is 0 Å². The summed E-state index contributed by atoms with van der Waals surface area (Å²) in [5.74, 6) is -1.99. The second-order valence-corrected chi connectivity index (χ2v) is 2.52. The largest absolute Gasteiger partial charge is 0.545 e. The van der Waals surface area contributed by atoms with Gasteiger partial charge in [0.05, 0.1) is 12.6 Å². The number of carboxylic acid groups (broad SMARTS) is 1. The minimum absolute atomic E-state index is 0.129. The summed E-state index contributed by atoms with van der Waals surface area (Å²) in [6, 6.07) is 3.47. The van der Waals surface area contributed by atoms with Crippen molar-refractivity contribution in [3.05, 3.63) is 35.1 Å². The van der Waals surface area contributed by atoms with E-state index in [1.165, 1.54) is 19.2 Å². The molecule has 0 heterocycles. The summed E-state index contributed by atoms with van der Waals surface area (Å²) in [7, 11) is 1.43. The summed E-state index contributed by atoms with van der Waals surface area (Å²) in [5, 5.41) is 10.5. The van der Waals surface area contributed by atoms with Crippen molar-refractivity contribution in [2.45, 2.75) is 6.61 Å². The predicted molar refractivity (Wildman–Crippen MR) is 41.4 cm³/mol. The van der Waals surface area contributed by atoms with Gasteiger partial charge in [-0.3, -0.25) is 0 Å². The number of halogens is 1. The molecule has 0 saturated heterocycles. The number of aromatic carboxylic acids is 1. The van der Waals surface area contributed by atoms with Crippen molar-refractivity contribution in [1.29, 1.82) is 0 Å². The molecule has 0 aliphatic carbocycles. The SMILES string of the molecule is COCc1ccc(F)cc1C(=O)[O-]. The average Bonchev–Trinajstić information content (AvgIpc) is 2.08. The Balaban J connectivity index is 3.10. The molecule has 1 rings (SSSR count). The van der Waals surface area contributed by atoms with Crippen molar-refractivity contribution in [1.82, 2.24) is 0 Å². The quantitative estimate of drug-likeness (QED) is 0.678. The average molecular weight is 183 g/mol. The van der Waals surface area contributed by atoms with E-state index >= 15 is 0 Å². The molecular weight excluding hydrogens is 175 g/mol. The molecule has 3 nitrogen and oxygen atoms in total. The highest BCUT2D eigenvalue weighted by molar-refractivity contribution is 5.87. The van der Waals surface area contributed by atoms with E-state index in [4.69, 9.17) is 4.74 Å². The van der Waals surface area contributed by atoms with Crippen molar-refractivity contribution < 1.29 is 19.0 Å². The van der Waals surface area contributed by atoms with E-state index in [0.29, 0.717) is 5.56 Å². The molecule has 0 spiro atoms. The van der Waals surface area contributed by atoms with Crippen LogP contribution in [0.3, 0.4) is 0 Å². The maximum atomic E-state index is 12.6. The van der Waals surface area contributed by atoms with Crippen LogP contribution in [0.25, 0.3) is 0 Å². The molecule has 0 bridgehead atoms. The molecule has 0 amide bonds. The normalized spacial score (nSPS) is 10.0. The molecular formula is C9H8FO3-. The third kappa shape index (κ3) is 2.26. The number of hydrogen-bond acceptors (Lipinski definition) is 3. The number of hydrogen-bond donors (Lipinski definition) is 0. The number of ether oxygens (including phenoxy) is 1. The number of carbonyl (C=O) groups is 1. The zero-order valence-corrected chi connectivity index (χ0v) is 7.04. The summed E-state index contributed by atoms with van der Waals surface area (Å²) in [6.07, 6.45) is 0. The molecule has 0 aromatic heterocycles. The van der Waals surface area contributed by atoms with Crippen LogP contribution in [0.2, 0.25) is 0 Å². The molecule has 1 aromatic rings. The number of benzene rings is 1. The number of carboxylic acids is 1. The molecule has 0 fully saturated rings. The Morgan fingerprint density at radius 3 is 2.85 bits per heavy atom. The van der Waals surface area contributed by atoms with Gasteiger partial charge in [0.25, 0.3) is 0 Å². The fourth-order valence-corrected chi connectivity index (χ4v) is 1.02. The Hall–Kier alpha value is -1.42. The van der Waals surface area contributed by atoms with Gasteiger partial charge < -0.3 is 14.6 Å². The van der Waals surface area contributed by atoms with Crippen LogP contribution in [0.15, 0.2) is 18.2 Å². The first kappa shape index (κ1) is 9.67. The van der Waals surface area contributed by atoms with Gasteiger partial charge in [-0.25, -0.2) is 4.39 Å². The van der Waals surface area contributed by atoms with Crippen LogP contribution in [0.5, 0.6) is 0 Å². The molecule has 1 aromatic carbocycles. The smallest absolute Gasteiger partial charge is 0.123 e. The molecule has 0 N–H and O–H groups in total. The summed E-state index contributed by atoms with van der Waals surface area (Å²) in [5.41, 5.74) is 0.241. The number of methoxy groups -OCH3 is 1. The van der Waals surface area contributed by atoms with E-state index in [2.05, 4.69) is 0 Å². The van der Waals surface area contributed by atoms with E-state index in [0.717, 1.165) is 6.07 Å². The van der Waals surface area contributed by atoms with E-state index < -0.39 is 11.8 Å². The first-order valence-corrected chi connectivity index (χ1v) is 3.64. The highest BCUT2D eigenvalue weighted by Gasteiger charge is 2.04. The fourth-order valence-electron chi connectivity index (χ4n) is 1.02. The minimum atomic E-state index is -1.40. The molecule has 0 atom stereocenters. The summed E-state index contributed by atoms with van der Waals surface area (Å²) in [4.78, 5) is 10.5. The van der Waals surface area contributed by atoms with Crippen LogP contribution < -0.4 is 5.11 Å². The van der Waals surface area contributed by atoms with Crippen LogP contribution in [0.1, 0.15) is 15.9 Å². The lowest BCUT2D eigenvalue weighted by Gasteiger charge is -2.09. The zero-order chi connectivity index (χ0) is 9.84. The van der Waals surface area contributed by atoms with Crippen LogP contribution >= 0.6 is 0 Å². The highest BCUT2D eigenvalue weighted by Crippen LogP contribution is 2.11. The lowest BCUT2D eigenvalue weighted by molar-refractivity contribution is -0.255. The standard InChI is InChI=1S/C9H9FO3/c1-13-5-6-2-3-7(10)4-8(6)9(11)12/h2-4H,5H2,1H3,(H,11,12)/p-1. The Morgan fingerprint density at radius 1 is 1.62 bits per heavy atom. The second kappa shape index (κ2) is 4.00. The molecule has 0 aliphatic rings. The maximum Gasteiger partial charge on any atom is 0.123 e. The van der Waals surface area contributed by atoms with Gasteiger partial charge in [-0.05, 0) is 17.7 Å². The van der Waals surface area contributed by atoms with Gasteiger partial charge in [0.2, 0.25) is 0 Å². The molecule has 0 unspecified atom stereocenters. The van der Waals surface area contributed by atoms with Crippen molar-refractivity contribution in [2.24, 2.45) is 0 Å². The third-order valence-corrected chi connectivity index (χ3v) is 1.59. The van der Waals surface area contributed by atoms with Crippen molar-refractivity contribution >= 4 is 5.97 Å². The first-order chi connectivity index (χ1) is 6.15. The number of carbonyl (C=O) groups excluding carboxylic acids is 1. The summed E-state index contributed by atoms with van der Waals surface area (Å²) >= 11 is 0. The van der Waals surface area contributed by atoms with E-state index in [1.807, 2.05) is 0 Å². The van der Waals surface area contributed by atoms with Crippen LogP contribution in [0, 0.1) is 5.82 Å². The highest BCUT2D eigenvalue weighted by atomic mass is 19.1. The Kier molecular flexibility index (Phi) is 2.97. The van der Waals surface area contributed by atoms with Crippen molar-refractivity contribution in [2.75, 3.05) is 7.11 Å². The van der Waals surface area contributed by atoms with Crippen LogP contribution in [0.4, 0.5) is 4.39 Å². The molecule has 0 aliphatic heterocycles.